The molecule has 1 fully saturated rings. The largest absolute Gasteiger partial charge is 0.478 e. The number of amides is 1. The highest BCUT2D eigenvalue weighted by Gasteiger charge is 2.41. The molecule has 1 aromatic heterocycles. The average molecular weight is 467 g/mol. The van der Waals surface area contributed by atoms with Crippen molar-refractivity contribution in [3.8, 4) is 0 Å². The molecule has 184 valence electrons. The Morgan fingerprint density at radius 2 is 1.74 bits per heavy atom. The number of likely N-dealkylation sites (tertiary alicyclic amines) is 1. The first-order chi connectivity index (χ1) is 16.3. The maximum absolute atomic E-state index is 12.7. The Kier molecular flexibility index (Phi) is 8.78. The lowest BCUT2D eigenvalue weighted by Gasteiger charge is -2.42. The lowest BCUT2D eigenvalue weighted by atomic mass is 9.71. The summed E-state index contributed by atoms with van der Waals surface area (Å²) in [6.45, 7) is 12.6. The molecule has 0 bridgehead atoms. The molecule has 1 aromatic carbocycles. The van der Waals surface area contributed by atoms with E-state index in [1.54, 1.807) is 35.5 Å². The van der Waals surface area contributed by atoms with Gasteiger partial charge in [-0.2, -0.15) is 0 Å². The number of carbonyl (C=O) groups is 2. The van der Waals surface area contributed by atoms with Crippen LogP contribution in [0.2, 0.25) is 0 Å². The van der Waals surface area contributed by atoms with Gasteiger partial charge in [-0.15, -0.1) is 0 Å². The molecule has 1 N–H and O–H groups in total. The molecule has 3 rings (SSSR count). The number of carbonyl (C=O) groups excluding carboxylic acids is 1. The van der Waals surface area contributed by atoms with E-state index in [-0.39, 0.29) is 11.5 Å². The molecular weight excluding hydrogens is 428 g/mol. The maximum Gasteiger partial charge on any atom is 0.335 e. The zero-order valence-electron chi connectivity index (χ0n) is 21.0. The fraction of sp³-hybridized carbons (Fsp3) is 0.556. The molecule has 2 aromatic rings. The molecule has 1 aliphatic heterocycles. The Morgan fingerprint density at radius 1 is 1.09 bits per heavy atom. The first-order valence-corrected chi connectivity index (χ1v) is 12.5. The van der Waals surface area contributed by atoms with E-state index < -0.39 is 11.4 Å². The van der Waals surface area contributed by atoms with Crippen LogP contribution in [0.4, 0.5) is 0 Å². The number of benzene rings is 1. The van der Waals surface area contributed by atoms with Crippen LogP contribution in [0.25, 0.3) is 0 Å². The second-order valence-corrected chi connectivity index (χ2v) is 9.44. The van der Waals surface area contributed by atoms with Crippen LogP contribution < -0.4 is 0 Å². The monoisotopic (exact) mass is 466 g/mol. The van der Waals surface area contributed by atoms with Crippen molar-refractivity contribution in [3.05, 3.63) is 59.2 Å². The van der Waals surface area contributed by atoms with Gasteiger partial charge < -0.3 is 14.9 Å². The van der Waals surface area contributed by atoms with Crippen molar-refractivity contribution in [2.75, 3.05) is 32.7 Å². The van der Waals surface area contributed by atoms with Crippen molar-refractivity contribution in [2.24, 2.45) is 5.92 Å². The summed E-state index contributed by atoms with van der Waals surface area (Å²) in [5.41, 5.74) is 1.20. The van der Waals surface area contributed by atoms with Crippen LogP contribution in [0.5, 0.6) is 0 Å². The highest BCUT2D eigenvalue weighted by molar-refractivity contribution is 5.93. The third kappa shape index (κ3) is 5.63. The zero-order chi connectivity index (χ0) is 24.7. The molecule has 1 aliphatic rings. The Hall–Kier alpha value is -2.80. The number of aromatic nitrogens is 2. The molecule has 0 spiro atoms. The third-order valence-electron chi connectivity index (χ3n) is 7.10. The SMILES string of the molecule is CCCC(C)CN1CCC(c2cccc(C(=O)O)c2)(c2ncc(C(=O)N(CC)CC)cn2)CC1. The molecule has 34 heavy (non-hydrogen) atoms. The predicted octanol–water partition coefficient (Wildman–Crippen LogP) is 4.47. The summed E-state index contributed by atoms with van der Waals surface area (Å²) in [7, 11) is 0. The number of piperidine rings is 1. The maximum atomic E-state index is 12.7. The molecule has 1 saturated heterocycles. The summed E-state index contributed by atoms with van der Waals surface area (Å²) in [4.78, 5) is 38.0. The third-order valence-corrected chi connectivity index (χ3v) is 7.10. The quantitative estimate of drug-likeness (QED) is 0.556. The normalized spacial score (nSPS) is 16.7. The number of hydrogen-bond donors (Lipinski definition) is 1. The van der Waals surface area contributed by atoms with E-state index in [4.69, 9.17) is 0 Å². The Morgan fingerprint density at radius 3 is 2.29 bits per heavy atom. The van der Waals surface area contributed by atoms with Crippen molar-refractivity contribution < 1.29 is 14.7 Å². The molecule has 1 unspecified atom stereocenters. The predicted molar refractivity (Wildman–Crippen MR) is 133 cm³/mol. The van der Waals surface area contributed by atoms with Crippen LogP contribution in [0, 0.1) is 5.92 Å². The molecule has 7 nitrogen and oxygen atoms in total. The summed E-state index contributed by atoms with van der Waals surface area (Å²) in [6.07, 6.45) is 7.26. The van der Waals surface area contributed by atoms with Crippen LogP contribution in [0.3, 0.4) is 0 Å². The Balaban J connectivity index is 1.93. The van der Waals surface area contributed by atoms with E-state index in [1.165, 1.54) is 12.8 Å². The lowest BCUT2D eigenvalue weighted by Crippen LogP contribution is -2.45. The number of rotatable bonds is 10. The van der Waals surface area contributed by atoms with Crippen molar-refractivity contribution in [1.82, 2.24) is 19.8 Å². The molecule has 2 heterocycles. The van der Waals surface area contributed by atoms with Gasteiger partial charge in [-0.25, -0.2) is 14.8 Å². The smallest absolute Gasteiger partial charge is 0.335 e. The van der Waals surface area contributed by atoms with E-state index >= 15 is 0 Å². The van der Waals surface area contributed by atoms with Crippen LogP contribution in [0.15, 0.2) is 36.7 Å². The van der Waals surface area contributed by atoms with Crippen LogP contribution in [-0.4, -0.2) is 69.5 Å². The average Bonchev–Trinajstić information content (AvgIpc) is 2.85. The molecule has 0 aliphatic carbocycles. The first-order valence-electron chi connectivity index (χ1n) is 12.5. The van der Waals surface area contributed by atoms with Crippen molar-refractivity contribution >= 4 is 11.9 Å². The number of carboxylic acid groups (broad SMARTS) is 1. The molecule has 0 saturated carbocycles. The molecule has 0 radical (unpaired) electrons. The zero-order valence-corrected chi connectivity index (χ0v) is 21.0. The van der Waals surface area contributed by atoms with Crippen molar-refractivity contribution in [2.45, 2.75) is 58.8 Å². The molecule has 1 atom stereocenters. The van der Waals surface area contributed by atoms with E-state index in [1.807, 2.05) is 19.9 Å². The van der Waals surface area contributed by atoms with E-state index in [0.29, 0.717) is 30.4 Å². The minimum Gasteiger partial charge on any atom is -0.478 e. The second-order valence-electron chi connectivity index (χ2n) is 9.44. The fourth-order valence-corrected chi connectivity index (χ4v) is 5.11. The summed E-state index contributed by atoms with van der Waals surface area (Å²) in [6, 6.07) is 7.17. The Labute approximate surface area is 203 Å². The lowest BCUT2D eigenvalue weighted by molar-refractivity contribution is 0.0695. The Bertz CT molecular complexity index is 964. The summed E-state index contributed by atoms with van der Waals surface area (Å²) < 4.78 is 0. The highest BCUT2D eigenvalue weighted by Crippen LogP contribution is 2.40. The molecule has 7 heteroatoms. The molecule has 1 amide bonds. The van der Waals surface area contributed by atoms with Gasteiger partial charge in [0.05, 0.1) is 16.5 Å². The van der Waals surface area contributed by atoms with Crippen molar-refractivity contribution in [3.63, 3.8) is 0 Å². The van der Waals surface area contributed by atoms with Crippen molar-refractivity contribution in [1.29, 1.82) is 0 Å². The summed E-state index contributed by atoms with van der Waals surface area (Å²) >= 11 is 0. The van der Waals surface area contributed by atoms with Gasteiger partial charge in [-0.05, 0) is 69.8 Å². The van der Waals surface area contributed by atoms with Crippen LogP contribution in [-0.2, 0) is 5.41 Å². The van der Waals surface area contributed by atoms with Crippen LogP contribution in [0.1, 0.15) is 85.5 Å². The summed E-state index contributed by atoms with van der Waals surface area (Å²) in [5, 5.41) is 9.57. The number of aromatic carboxylic acids is 1. The topological polar surface area (TPSA) is 86.6 Å². The van der Waals surface area contributed by atoms with Gasteiger partial charge >= 0.3 is 5.97 Å². The number of hydrogen-bond acceptors (Lipinski definition) is 5. The van der Waals surface area contributed by atoms with E-state index in [0.717, 1.165) is 38.0 Å². The van der Waals surface area contributed by atoms with Gasteiger partial charge in [-0.3, -0.25) is 4.79 Å². The number of carboxylic acids is 1. The second kappa shape index (κ2) is 11.6. The number of nitrogens with zero attached hydrogens (tertiary/aromatic N) is 4. The van der Waals surface area contributed by atoms with Crippen LogP contribution >= 0.6 is 0 Å². The van der Waals surface area contributed by atoms with Gasteiger partial charge in [0.15, 0.2) is 0 Å². The summed E-state index contributed by atoms with van der Waals surface area (Å²) in [5.74, 6) is 0.295. The minimum atomic E-state index is -0.941. The first kappa shape index (κ1) is 25.8. The van der Waals surface area contributed by atoms with Gasteiger partial charge in [-0.1, -0.05) is 32.4 Å². The van der Waals surface area contributed by atoms with E-state index in [2.05, 4.69) is 28.7 Å². The van der Waals surface area contributed by atoms with Gasteiger partial charge in [0.2, 0.25) is 0 Å². The highest BCUT2D eigenvalue weighted by atomic mass is 16.4. The van der Waals surface area contributed by atoms with Gasteiger partial charge in [0.25, 0.3) is 5.91 Å². The fourth-order valence-electron chi connectivity index (χ4n) is 5.11. The molecular formula is C27H38N4O3. The van der Waals surface area contributed by atoms with Gasteiger partial charge in [0.1, 0.15) is 5.82 Å². The minimum absolute atomic E-state index is 0.0711. The standard InChI is InChI=1S/C27H38N4O3/c1-5-9-20(4)19-30-14-12-27(13-15-30,23-11-8-10-21(16-23)25(33)34)26-28-17-22(18-29-26)24(32)31(6-2)7-3/h8,10-11,16-18,20H,5-7,9,12-15,19H2,1-4H3,(H,33,34). The van der Waals surface area contributed by atoms with Gasteiger partial charge in [0, 0.05) is 32.0 Å². The van der Waals surface area contributed by atoms with E-state index in [9.17, 15) is 14.7 Å².